The Balaban J connectivity index is 0.00000196. The zero-order valence-corrected chi connectivity index (χ0v) is 14.8. The highest BCUT2D eigenvalue weighted by Gasteiger charge is 2.41. The minimum absolute atomic E-state index is 0. The Bertz CT molecular complexity index is 816. The zero-order valence-electron chi connectivity index (χ0n) is 14.0. The summed E-state index contributed by atoms with van der Waals surface area (Å²) in [4.78, 5) is 4.53. The van der Waals surface area contributed by atoms with E-state index in [-0.39, 0.29) is 24.8 Å². The molecule has 2 aromatic heterocycles. The highest BCUT2D eigenvalue weighted by molar-refractivity contribution is 5.85. The van der Waals surface area contributed by atoms with Crippen molar-refractivity contribution >= 4 is 12.4 Å². The van der Waals surface area contributed by atoms with E-state index in [0.717, 1.165) is 25.9 Å². The minimum Gasteiger partial charge on any atom is -0.485 e. The lowest BCUT2D eigenvalue weighted by Crippen LogP contribution is -2.45. The number of benzene rings is 1. The number of hydrogen-bond acceptors (Lipinski definition) is 6. The summed E-state index contributed by atoms with van der Waals surface area (Å²) in [6.07, 6.45) is 5.30. The van der Waals surface area contributed by atoms with E-state index in [0.29, 0.717) is 17.5 Å². The second-order valence-corrected chi connectivity index (χ2v) is 5.99. The largest absolute Gasteiger partial charge is 0.485 e. The van der Waals surface area contributed by atoms with Crippen LogP contribution >= 0.6 is 12.4 Å². The number of hydrogen-bond donors (Lipinski definition) is 1. The van der Waals surface area contributed by atoms with Gasteiger partial charge < -0.3 is 14.6 Å². The Labute approximate surface area is 156 Å². The van der Waals surface area contributed by atoms with Crippen LogP contribution < -0.4 is 10.1 Å². The van der Waals surface area contributed by atoms with Crippen molar-refractivity contribution in [2.45, 2.75) is 25.0 Å². The van der Waals surface area contributed by atoms with E-state index >= 15 is 0 Å². The van der Waals surface area contributed by atoms with E-state index in [4.69, 9.17) is 9.26 Å². The van der Waals surface area contributed by atoms with Crippen molar-refractivity contribution in [3.8, 4) is 5.75 Å². The van der Waals surface area contributed by atoms with Crippen molar-refractivity contribution in [2.24, 2.45) is 0 Å². The molecule has 1 fully saturated rings. The highest BCUT2D eigenvalue weighted by atomic mass is 35.5. The third kappa shape index (κ3) is 3.56. The van der Waals surface area contributed by atoms with Crippen LogP contribution in [0.4, 0.5) is 4.39 Å². The van der Waals surface area contributed by atoms with Gasteiger partial charge in [0.1, 0.15) is 17.1 Å². The minimum atomic E-state index is -0.435. The lowest BCUT2D eigenvalue weighted by molar-refractivity contribution is 0.172. The molecule has 9 heteroatoms. The Morgan fingerprint density at radius 1 is 1.23 bits per heavy atom. The third-order valence-corrected chi connectivity index (χ3v) is 4.42. The van der Waals surface area contributed by atoms with Gasteiger partial charge in [0, 0.05) is 12.4 Å². The maximum atomic E-state index is 12.9. The van der Waals surface area contributed by atoms with Crippen LogP contribution in [0.3, 0.4) is 0 Å². The average molecular weight is 380 g/mol. The second kappa shape index (κ2) is 7.84. The van der Waals surface area contributed by atoms with Crippen molar-refractivity contribution in [1.29, 1.82) is 0 Å². The fourth-order valence-electron chi connectivity index (χ4n) is 3.08. The maximum absolute atomic E-state index is 12.9. The summed E-state index contributed by atoms with van der Waals surface area (Å²) in [7, 11) is 0. The molecule has 1 N–H and O–H groups in total. The lowest BCUT2D eigenvalue weighted by atomic mass is 9.88. The molecule has 1 saturated heterocycles. The van der Waals surface area contributed by atoms with Crippen LogP contribution in [0.2, 0.25) is 0 Å². The number of rotatable bonds is 5. The monoisotopic (exact) mass is 379 g/mol. The summed E-state index contributed by atoms with van der Waals surface area (Å²) in [6, 6.07) is 7.71. The number of aromatic nitrogens is 4. The van der Waals surface area contributed by atoms with Crippen molar-refractivity contribution in [3.05, 3.63) is 60.3 Å². The van der Waals surface area contributed by atoms with Crippen molar-refractivity contribution in [2.75, 3.05) is 13.1 Å². The molecule has 138 valence electrons. The van der Waals surface area contributed by atoms with Crippen LogP contribution in [0.15, 0.2) is 47.2 Å². The molecular weight excluding hydrogens is 361 g/mol. The first kappa shape index (κ1) is 18.3. The van der Waals surface area contributed by atoms with Gasteiger partial charge in [-0.3, -0.25) is 4.68 Å². The van der Waals surface area contributed by atoms with Crippen LogP contribution in [0.5, 0.6) is 5.75 Å². The van der Waals surface area contributed by atoms with E-state index < -0.39 is 5.54 Å². The van der Waals surface area contributed by atoms with Gasteiger partial charge in [-0.15, -0.1) is 12.4 Å². The molecule has 0 amide bonds. The second-order valence-electron chi connectivity index (χ2n) is 5.99. The molecule has 0 bridgehead atoms. The number of nitrogens with zero attached hydrogens (tertiary/aromatic N) is 4. The summed E-state index contributed by atoms with van der Waals surface area (Å²) in [5.74, 6) is 1.23. The van der Waals surface area contributed by atoms with Gasteiger partial charge in [0.05, 0.1) is 0 Å². The first-order valence-electron chi connectivity index (χ1n) is 8.19. The number of ether oxygens (including phenoxy) is 1. The van der Waals surface area contributed by atoms with E-state index in [9.17, 15) is 4.39 Å². The molecule has 0 atom stereocenters. The van der Waals surface area contributed by atoms with Gasteiger partial charge >= 0.3 is 0 Å². The molecule has 3 heterocycles. The summed E-state index contributed by atoms with van der Waals surface area (Å²) in [5, 5.41) is 11.8. The van der Waals surface area contributed by atoms with E-state index in [2.05, 4.69) is 20.6 Å². The summed E-state index contributed by atoms with van der Waals surface area (Å²) < 4.78 is 26.0. The van der Waals surface area contributed by atoms with E-state index in [1.165, 1.54) is 12.1 Å². The molecule has 7 nitrogen and oxygen atoms in total. The molecule has 0 unspecified atom stereocenters. The van der Waals surface area contributed by atoms with E-state index in [1.807, 2.05) is 16.9 Å². The molecule has 0 saturated carbocycles. The lowest BCUT2D eigenvalue weighted by Gasteiger charge is -2.34. The van der Waals surface area contributed by atoms with Gasteiger partial charge in [-0.2, -0.15) is 10.1 Å². The smallest absolute Gasteiger partial charge is 0.254 e. The summed E-state index contributed by atoms with van der Waals surface area (Å²) >= 11 is 0. The van der Waals surface area contributed by atoms with Gasteiger partial charge in [0.2, 0.25) is 5.82 Å². The molecular formula is C17H19ClFN5O2. The topological polar surface area (TPSA) is 78.0 Å². The molecule has 1 aromatic carbocycles. The van der Waals surface area contributed by atoms with Gasteiger partial charge in [-0.05, 0) is 56.3 Å². The predicted octanol–water partition coefficient (Wildman–Crippen LogP) is 2.53. The molecule has 0 spiro atoms. The molecule has 0 radical (unpaired) electrons. The highest BCUT2D eigenvalue weighted by Crippen LogP contribution is 2.33. The first-order chi connectivity index (χ1) is 12.3. The van der Waals surface area contributed by atoms with E-state index in [1.54, 1.807) is 18.3 Å². The Morgan fingerprint density at radius 3 is 2.69 bits per heavy atom. The fourth-order valence-corrected chi connectivity index (χ4v) is 3.08. The SMILES string of the molecule is Cl.Fc1ccc(OCc2noc(C3(n4cccn4)CCNCC3)n2)cc1. The predicted molar refractivity (Wildman–Crippen MR) is 93.7 cm³/mol. The Kier molecular flexibility index (Phi) is 5.53. The zero-order chi connectivity index (χ0) is 17.1. The van der Waals surface area contributed by atoms with Gasteiger partial charge in [-0.1, -0.05) is 5.16 Å². The van der Waals surface area contributed by atoms with Gasteiger partial charge in [0.25, 0.3) is 5.89 Å². The van der Waals surface area contributed by atoms with Crippen molar-refractivity contribution in [1.82, 2.24) is 25.2 Å². The third-order valence-electron chi connectivity index (χ3n) is 4.42. The van der Waals surface area contributed by atoms with Gasteiger partial charge in [0.15, 0.2) is 6.61 Å². The van der Waals surface area contributed by atoms with Crippen LogP contribution in [-0.4, -0.2) is 33.0 Å². The molecule has 26 heavy (non-hydrogen) atoms. The normalized spacial score (nSPS) is 16.0. The maximum Gasteiger partial charge on any atom is 0.254 e. The number of piperidine rings is 1. The molecule has 4 rings (SSSR count). The molecule has 0 aliphatic carbocycles. The number of nitrogens with one attached hydrogen (secondary N) is 1. The van der Waals surface area contributed by atoms with Crippen molar-refractivity contribution < 1.29 is 13.7 Å². The number of halogens is 2. The average Bonchev–Trinajstić information content (AvgIpc) is 3.34. The van der Waals surface area contributed by atoms with Crippen LogP contribution in [0, 0.1) is 5.82 Å². The quantitative estimate of drug-likeness (QED) is 0.734. The van der Waals surface area contributed by atoms with Crippen LogP contribution in [-0.2, 0) is 12.1 Å². The fraction of sp³-hybridized carbons (Fsp3) is 0.353. The molecule has 3 aromatic rings. The van der Waals surface area contributed by atoms with Gasteiger partial charge in [-0.25, -0.2) is 4.39 Å². The summed E-state index contributed by atoms with van der Waals surface area (Å²) in [6.45, 7) is 1.86. The van der Waals surface area contributed by atoms with Crippen molar-refractivity contribution in [3.63, 3.8) is 0 Å². The Morgan fingerprint density at radius 2 is 2.00 bits per heavy atom. The first-order valence-corrected chi connectivity index (χ1v) is 8.19. The molecule has 1 aliphatic heterocycles. The summed E-state index contributed by atoms with van der Waals surface area (Å²) in [5.41, 5.74) is -0.435. The molecule has 1 aliphatic rings. The van der Waals surface area contributed by atoms with Crippen LogP contribution in [0.25, 0.3) is 0 Å². The van der Waals surface area contributed by atoms with Crippen LogP contribution in [0.1, 0.15) is 24.6 Å². The standard InChI is InChI=1S/C17H18FN5O2.ClH/c18-13-2-4-14(5-3-13)24-12-15-21-16(25-22-15)17(6-9-19-10-7-17)23-11-1-8-20-23;/h1-5,8,11,19H,6-7,9-10,12H2;1H. The Hall–Kier alpha value is -2.45.